The van der Waals surface area contributed by atoms with Crippen LogP contribution in [-0.2, 0) is 4.79 Å². The molecular weight excluding hydrogens is 447 g/mol. The van der Waals surface area contributed by atoms with Crippen molar-refractivity contribution >= 4 is 63.8 Å². The van der Waals surface area contributed by atoms with E-state index in [9.17, 15) is 9.59 Å². The van der Waals surface area contributed by atoms with Crippen LogP contribution in [0.1, 0.15) is 29.8 Å². The normalized spacial score (nSPS) is 16.5. The van der Waals surface area contributed by atoms with Crippen molar-refractivity contribution < 1.29 is 19.4 Å². The number of ether oxygens (including phenoxy) is 1. The molecule has 1 N–H and O–H groups in total. The first-order valence-corrected chi connectivity index (χ1v) is 10.7. The fraction of sp³-hybridized carbons (Fsp3) is 0.190. The number of likely N-dealkylation sites (N-methyl/N-ethyl adjacent to an activating group) is 1. The fourth-order valence-electron chi connectivity index (χ4n) is 2.79. The van der Waals surface area contributed by atoms with Crippen molar-refractivity contribution in [3.05, 3.63) is 62.5 Å². The summed E-state index contributed by atoms with van der Waals surface area (Å²) in [4.78, 5) is 30.5. The highest BCUT2D eigenvalue weighted by Crippen LogP contribution is 2.38. The fourth-order valence-corrected chi connectivity index (χ4v) is 4.46. The van der Waals surface area contributed by atoms with Gasteiger partial charge in [-0.2, -0.15) is 0 Å². The minimum Gasteiger partial charge on any atom is -0.491 e. The molecule has 1 heterocycles. The van der Waals surface area contributed by atoms with Gasteiger partial charge in [-0.25, -0.2) is 9.79 Å². The van der Waals surface area contributed by atoms with Gasteiger partial charge in [0.2, 0.25) is 0 Å². The van der Waals surface area contributed by atoms with E-state index >= 15 is 0 Å². The number of rotatable bonds is 6. The lowest BCUT2D eigenvalue weighted by Crippen LogP contribution is -2.28. The smallest absolute Gasteiger partial charge is 0.335 e. The molecule has 0 radical (unpaired) electrons. The van der Waals surface area contributed by atoms with E-state index in [2.05, 4.69) is 4.99 Å². The summed E-state index contributed by atoms with van der Waals surface area (Å²) < 4.78 is 5.43. The van der Waals surface area contributed by atoms with Crippen molar-refractivity contribution in [1.82, 2.24) is 4.90 Å². The van der Waals surface area contributed by atoms with Gasteiger partial charge in [-0.15, -0.1) is 0 Å². The summed E-state index contributed by atoms with van der Waals surface area (Å²) in [5.41, 5.74) is 1.25. The summed E-state index contributed by atoms with van der Waals surface area (Å²) in [5, 5.41) is 10.3. The highest BCUT2D eigenvalue weighted by molar-refractivity contribution is 8.18. The van der Waals surface area contributed by atoms with Crippen molar-refractivity contribution in [3.8, 4) is 5.75 Å². The Balaban J connectivity index is 1.94. The summed E-state index contributed by atoms with van der Waals surface area (Å²) in [5.74, 6) is -0.828. The number of aromatic carboxylic acids is 1. The largest absolute Gasteiger partial charge is 0.491 e. The Bertz CT molecular complexity index is 1050. The number of hydrogen-bond acceptors (Lipinski definition) is 5. The van der Waals surface area contributed by atoms with E-state index in [0.29, 0.717) is 50.3 Å². The number of thioether (sulfide) groups is 1. The van der Waals surface area contributed by atoms with E-state index in [1.54, 1.807) is 30.3 Å². The number of nitrogens with zero attached hydrogens (tertiary/aromatic N) is 2. The average molecular weight is 465 g/mol. The van der Waals surface area contributed by atoms with Gasteiger partial charge < -0.3 is 9.84 Å². The second-order valence-corrected chi connectivity index (χ2v) is 7.98. The summed E-state index contributed by atoms with van der Waals surface area (Å²) >= 11 is 13.7. The van der Waals surface area contributed by atoms with Crippen molar-refractivity contribution in [2.75, 3.05) is 13.2 Å². The summed E-state index contributed by atoms with van der Waals surface area (Å²) in [6, 6.07) is 9.61. The molecule has 9 heteroatoms. The quantitative estimate of drug-likeness (QED) is 0.553. The molecule has 6 nitrogen and oxygen atoms in total. The Morgan fingerprint density at radius 3 is 2.53 bits per heavy atom. The highest BCUT2D eigenvalue weighted by atomic mass is 35.5. The van der Waals surface area contributed by atoms with Crippen molar-refractivity contribution in [1.29, 1.82) is 0 Å². The van der Waals surface area contributed by atoms with E-state index in [1.165, 1.54) is 28.8 Å². The first-order valence-electron chi connectivity index (χ1n) is 9.09. The number of aliphatic imine (C=N–C) groups is 1. The predicted octanol–water partition coefficient (Wildman–Crippen LogP) is 5.71. The molecule has 0 bridgehead atoms. The van der Waals surface area contributed by atoms with E-state index < -0.39 is 5.97 Å². The standard InChI is InChI=1S/C21H18Cl2N2O4S/c1-3-25-19(26)17(10-12-8-15(22)18(29-4-2)16(23)9-12)30-21(25)24-14-7-5-6-13(11-14)20(27)28/h5-11H,3-4H2,1-2H3,(H,27,28). The SMILES string of the molecule is CCOc1c(Cl)cc(C=C2SC(=Nc3cccc(C(=O)O)c3)N(CC)C2=O)cc1Cl. The Labute approximate surface area is 188 Å². The van der Waals surface area contributed by atoms with Gasteiger partial charge in [-0.3, -0.25) is 9.69 Å². The van der Waals surface area contributed by atoms with Crippen molar-refractivity contribution in [3.63, 3.8) is 0 Å². The number of benzene rings is 2. The van der Waals surface area contributed by atoms with Gasteiger partial charge in [0.25, 0.3) is 5.91 Å². The number of carboxylic acid groups (broad SMARTS) is 1. The number of carbonyl (C=O) groups excluding carboxylic acids is 1. The lowest BCUT2D eigenvalue weighted by atomic mass is 10.2. The maximum absolute atomic E-state index is 12.8. The molecule has 1 fully saturated rings. The predicted molar refractivity (Wildman–Crippen MR) is 121 cm³/mol. The lowest BCUT2D eigenvalue weighted by Gasteiger charge is -2.12. The number of hydrogen-bond donors (Lipinski definition) is 1. The third-order valence-corrected chi connectivity index (χ3v) is 5.70. The van der Waals surface area contributed by atoms with E-state index in [1.807, 2.05) is 13.8 Å². The molecule has 0 unspecified atom stereocenters. The van der Waals surface area contributed by atoms with Crippen LogP contribution in [0, 0.1) is 0 Å². The maximum Gasteiger partial charge on any atom is 0.335 e. The number of halogens is 2. The highest BCUT2D eigenvalue weighted by Gasteiger charge is 2.32. The topological polar surface area (TPSA) is 79.2 Å². The molecule has 30 heavy (non-hydrogen) atoms. The van der Waals surface area contributed by atoms with Crippen LogP contribution in [0.2, 0.25) is 10.0 Å². The van der Waals surface area contributed by atoms with Crippen molar-refractivity contribution in [2.24, 2.45) is 4.99 Å². The van der Waals surface area contributed by atoms with Crippen LogP contribution in [0.3, 0.4) is 0 Å². The Morgan fingerprint density at radius 2 is 1.93 bits per heavy atom. The van der Waals surface area contributed by atoms with Crippen molar-refractivity contribution in [2.45, 2.75) is 13.8 Å². The zero-order valence-electron chi connectivity index (χ0n) is 16.2. The summed E-state index contributed by atoms with van der Waals surface area (Å²) in [7, 11) is 0. The van der Waals surface area contributed by atoms with Gasteiger partial charge >= 0.3 is 5.97 Å². The van der Waals surface area contributed by atoms with Crippen LogP contribution in [0.4, 0.5) is 5.69 Å². The Kier molecular flexibility index (Phi) is 7.07. The summed E-state index contributed by atoms with van der Waals surface area (Å²) in [6.07, 6.45) is 1.69. The van der Waals surface area contributed by atoms with Crippen LogP contribution in [0.15, 0.2) is 46.3 Å². The van der Waals surface area contributed by atoms with Crippen LogP contribution in [-0.4, -0.2) is 40.2 Å². The van der Waals surface area contributed by atoms with Gasteiger partial charge in [0, 0.05) is 6.54 Å². The molecule has 1 amide bonds. The molecule has 0 aliphatic carbocycles. The van der Waals surface area contributed by atoms with Crippen LogP contribution < -0.4 is 4.74 Å². The molecule has 1 aliphatic heterocycles. The third-order valence-electron chi connectivity index (χ3n) is 4.13. The molecular formula is C21H18Cl2N2O4S. The van der Waals surface area contributed by atoms with E-state index in [0.717, 1.165) is 0 Å². The van der Waals surface area contributed by atoms with Crippen LogP contribution in [0.25, 0.3) is 6.08 Å². The molecule has 0 aromatic heterocycles. The molecule has 0 spiro atoms. The van der Waals surface area contributed by atoms with Gasteiger partial charge in [0.05, 0.1) is 32.8 Å². The Hall–Kier alpha value is -2.48. The molecule has 0 saturated carbocycles. The Morgan fingerprint density at radius 1 is 1.23 bits per heavy atom. The van der Waals surface area contributed by atoms with Crippen LogP contribution in [0.5, 0.6) is 5.75 Å². The monoisotopic (exact) mass is 464 g/mol. The number of carbonyl (C=O) groups is 2. The number of amidine groups is 1. The summed E-state index contributed by atoms with van der Waals surface area (Å²) in [6.45, 7) is 4.53. The lowest BCUT2D eigenvalue weighted by molar-refractivity contribution is -0.122. The molecule has 2 aromatic rings. The molecule has 3 rings (SSSR count). The average Bonchev–Trinajstić information content (AvgIpc) is 2.99. The molecule has 1 aliphatic rings. The second kappa shape index (κ2) is 9.55. The number of amides is 1. The number of carboxylic acids is 1. The second-order valence-electron chi connectivity index (χ2n) is 6.16. The van der Waals surface area contributed by atoms with Gasteiger partial charge in [0.1, 0.15) is 0 Å². The molecule has 0 atom stereocenters. The molecule has 2 aromatic carbocycles. The zero-order chi connectivity index (χ0) is 21.8. The minimum absolute atomic E-state index is 0.128. The van der Waals surface area contributed by atoms with Crippen LogP contribution >= 0.6 is 35.0 Å². The third kappa shape index (κ3) is 4.80. The minimum atomic E-state index is -1.04. The first-order chi connectivity index (χ1) is 14.3. The molecule has 1 saturated heterocycles. The molecule has 156 valence electrons. The zero-order valence-corrected chi connectivity index (χ0v) is 18.5. The first kappa shape index (κ1) is 22.2. The maximum atomic E-state index is 12.8. The van der Waals surface area contributed by atoms with Gasteiger partial charge in [-0.05, 0) is 67.6 Å². The van der Waals surface area contributed by atoms with Gasteiger partial charge in [0.15, 0.2) is 10.9 Å². The van der Waals surface area contributed by atoms with E-state index in [-0.39, 0.29) is 11.5 Å². The van der Waals surface area contributed by atoms with E-state index in [4.69, 9.17) is 33.0 Å². The van der Waals surface area contributed by atoms with Gasteiger partial charge in [-0.1, -0.05) is 29.3 Å².